The second-order valence-corrected chi connectivity index (χ2v) is 6.37. The fourth-order valence-corrected chi connectivity index (χ4v) is 1.94. The van der Waals surface area contributed by atoms with Crippen molar-refractivity contribution in [2.75, 3.05) is 0 Å². The van der Waals surface area contributed by atoms with Gasteiger partial charge in [-0.3, -0.25) is 0 Å². The van der Waals surface area contributed by atoms with Gasteiger partial charge in [-0.15, -0.1) is 0 Å². The molecule has 0 aliphatic carbocycles. The maximum Gasteiger partial charge on any atom is 0.416 e. The molecule has 0 unspecified atom stereocenters. The van der Waals surface area contributed by atoms with E-state index in [2.05, 4.69) is 0 Å². The van der Waals surface area contributed by atoms with Gasteiger partial charge in [0.25, 0.3) is 0 Å². The standard InChI is InChI=1S/C14H19ClF3NO/c1-13(2,3)12(19)7-11(20)9-6-8(14(16,17)18)4-5-10(9)15/h4-6,11-12,20H,7,19H2,1-3H3/t11-,12-/m0/s1. The maximum absolute atomic E-state index is 12.7. The summed E-state index contributed by atoms with van der Waals surface area (Å²) in [4.78, 5) is 0. The molecule has 0 saturated carbocycles. The van der Waals surface area contributed by atoms with E-state index in [-0.39, 0.29) is 28.5 Å². The van der Waals surface area contributed by atoms with E-state index in [1.54, 1.807) is 0 Å². The van der Waals surface area contributed by atoms with Crippen LogP contribution in [-0.2, 0) is 6.18 Å². The van der Waals surface area contributed by atoms with Crippen LogP contribution in [0.5, 0.6) is 0 Å². The van der Waals surface area contributed by atoms with Crippen molar-refractivity contribution in [3.63, 3.8) is 0 Å². The number of hydrogen-bond donors (Lipinski definition) is 2. The first kappa shape index (κ1) is 17.3. The van der Waals surface area contributed by atoms with Crippen molar-refractivity contribution in [3.05, 3.63) is 34.3 Å². The molecule has 3 N–H and O–H groups in total. The second-order valence-electron chi connectivity index (χ2n) is 5.96. The Hall–Kier alpha value is -0.780. The molecule has 1 rings (SSSR count). The molecule has 0 aromatic heterocycles. The van der Waals surface area contributed by atoms with Crippen molar-refractivity contribution in [1.29, 1.82) is 0 Å². The largest absolute Gasteiger partial charge is 0.416 e. The molecule has 20 heavy (non-hydrogen) atoms. The molecule has 114 valence electrons. The molecule has 6 heteroatoms. The molecule has 1 aromatic carbocycles. The average Bonchev–Trinajstić information content (AvgIpc) is 2.26. The van der Waals surface area contributed by atoms with E-state index in [9.17, 15) is 18.3 Å². The summed E-state index contributed by atoms with van der Waals surface area (Å²) in [6.45, 7) is 5.70. The Labute approximate surface area is 121 Å². The lowest BCUT2D eigenvalue weighted by molar-refractivity contribution is -0.137. The maximum atomic E-state index is 12.7. The minimum absolute atomic E-state index is 0.0567. The Bertz CT molecular complexity index is 468. The van der Waals surface area contributed by atoms with E-state index < -0.39 is 17.8 Å². The number of alkyl halides is 3. The predicted octanol–water partition coefficient (Wildman–Crippen LogP) is 4.16. The molecular formula is C14H19ClF3NO. The molecule has 0 spiro atoms. The van der Waals surface area contributed by atoms with E-state index in [1.165, 1.54) is 0 Å². The van der Waals surface area contributed by atoms with Gasteiger partial charge in [0.15, 0.2) is 0 Å². The number of benzene rings is 1. The molecule has 0 radical (unpaired) electrons. The fourth-order valence-electron chi connectivity index (χ4n) is 1.70. The highest BCUT2D eigenvalue weighted by Crippen LogP contribution is 2.35. The fraction of sp³-hybridized carbons (Fsp3) is 0.571. The van der Waals surface area contributed by atoms with Gasteiger partial charge in [-0.2, -0.15) is 13.2 Å². The van der Waals surface area contributed by atoms with Crippen LogP contribution in [0.3, 0.4) is 0 Å². The molecular weight excluding hydrogens is 291 g/mol. The lowest BCUT2D eigenvalue weighted by atomic mass is 9.83. The molecule has 2 nitrogen and oxygen atoms in total. The molecule has 1 aromatic rings. The van der Waals surface area contributed by atoms with E-state index in [0.717, 1.165) is 18.2 Å². The van der Waals surface area contributed by atoms with Crippen LogP contribution in [-0.4, -0.2) is 11.1 Å². The summed E-state index contributed by atoms with van der Waals surface area (Å²) in [7, 11) is 0. The van der Waals surface area contributed by atoms with Gasteiger partial charge in [-0.1, -0.05) is 32.4 Å². The first-order chi connectivity index (χ1) is 8.93. The zero-order valence-corrected chi connectivity index (χ0v) is 12.4. The van der Waals surface area contributed by atoms with Crippen LogP contribution in [0.2, 0.25) is 5.02 Å². The van der Waals surface area contributed by atoms with Crippen molar-refractivity contribution in [2.45, 2.75) is 45.5 Å². The Morgan fingerprint density at radius 2 is 1.80 bits per heavy atom. The molecule has 0 heterocycles. The lowest BCUT2D eigenvalue weighted by Crippen LogP contribution is -2.36. The van der Waals surface area contributed by atoms with Crippen LogP contribution in [0.15, 0.2) is 18.2 Å². The topological polar surface area (TPSA) is 46.2 Å². The first-order valence-corrected chi connectivity index (χ1v) is 6.61. The molecule has 2 atom stereocenters. The summed E-state index contributed by atoms with van der Waals surface area (Å²) in [6, 6.07) is 2.55. The van der Waals surface area contributed by atoms with Gasteiger partial charge in [-0.25, -0.2) is 0 Å². The number of rotatable bonds is 3. The summed E-state index contributed by atoms with van der Waals surface area (Å²) in [5.41, 5.74) is 4.91. The van der Waals surface area contributed by atoms with Gasteiger partial charge in [0, 0.05) is 11.1 Å². The van der Waals surface area contributed by atoms with Crippen molar-refractivity contribution in [2.24, 2.45) is 11.1 Å². The second kappa shape index (κ2) is 5.92. The Morgan fingerprint density at radius 1 is 1.25 bits per heavy atom. The van der Waals surface area contributed by atoms with Gasteiger partial charge in [0.1, 0.15) is 0 Å². The number of hydrogen-bond acceptors (Lipinski definition) is 2. The van der Waals surface area contributed by atoms with Gasteiger partial charge in [0.2, 0.25) is 0 Å². The average molecular weight is 310 g/mol. The zero-order valence-electron chi connectivity index (χ0n) is 11.6. The van der Waals surface area contributed by atoms with E-state index in [1.807, 2.05) is 20.8 Å². The zero-order chi connectivity index (χ0) is 15.7. The van der Waals surface area contributed by atoms with Crippen LogP contribution in [0.4, 0.5) is 13.2 Å². The van der Waals surface area contributed by atoms with Crippen molar-refractivity contribution < 1.29 is 18.3 Å². The SMILES string of the molecule is CC(C)(C)[C@@H](N)C[C@H](O)c1cc(C(F)(F)F)ccc1Cl. The molecule has 0 amide bonds. The van der Waals surface area contributed by atoms with Crippen LogP contribution >= 0.6 is 11.6 Å². The molecule has 0 fully saturated rings. The van der Waals surface area contributed by atoms with E-state index >= 15 is 0 Å². The number of aliphatic hydroxyl groups excluding tert-OH is 1. The van der Waals surface area contributed by atoms with Crippen LogP contribution in [0.1, 0.15) is 44.4 Å². The van der Waals surface area contributed by atoms with E-state index in [4.69, 9.17) is 17.3 Å². The quantitative estimate of drug-likeness (QED) is 0.881. The number of aliphatic hydroxyl groups is 1. The number of nitrogens with two attached hydrogens (primary N) is 1. The first-order valence-electron chi connectivity index (χ1n) is 6.23. The van der Waals surface area contributed by atoms with Crippen LogP contribution in [0.25, 0.3) is 0 Å². The minimum Gasteiger partial charge on any atom is -0.388 e. The summed E-state index contributed by atoms with van der Waals surface area (Å²) < 4.78 is 38.0. The molecule has 0 aliphatic rings. The summed E-state index contributed by atoms with van der Waals surface area (Å²) >= 11 is 5.87. The highest BCUT2D eigenvalue weighted by Gasteiger charge is 2.32. The third kappa shape index (κ3) is 4.36. The highest BCUT2D eigenvalue weighted by atomic mass is 35.5. The van der Waals surface area contributed by atoms with Crippen molar-refractivity contribution in [1.82, 2.24) is 0 Å². The predicted molar refractivity (Wildman–Crippen MR) is 73.5 cm³/mol. The summed E-state index contributed by atoms with van der Waals surface area (Å²) in [5, 5.41) is 10.2. The Kier molecular flexibility index (Phi) is 5.11. The third-order valence-corrected chi connectivity index (χ3v) is 3.62. The van der Waals surface area contributed by atoms with Gasteiger partial charge >= 0.3 is 6.18 Å². The molecule has 0 saturated heterocycles. The highest BCUT2D eigenvalue weighted by molar-refractivity contribution is 6.31. The van der Waals surface area contributed by atoms with Crippen molar-refractivity contribution in [3.8, 4) is 0 Å². The lowest BCUT2D eigenvalue weighted by Gasteiger charge is -2.29. The van der Waals surface area contributed by atoms with Crippen LogP contribution < -0.4 is 5.73 Å². The van der Waals surface area contributed by atoms with Gasteiger partial charge < -0.3 is 10.8 Å². The Morgan fingerprint density at radius 3 is 2.25 bits per heavy atom. The van der Waals surface area contributed by atoms with Crippen LogP contribution in [0, 0.1) is 5.41 Å². The molecule has 0 bridgehead atoms. The minimum atomic E-state index is -4.47. The molecule has 0 aliphatic heterocycles. The monoisotopic (exact) mass is 309 g/mol. The normalized spacial score (nSPS) is 16.1. The number of halogens is 4. The summed E-state index contributed by atoms with van der Waals surface area (Å²) in [5.74, 6) is 0. The van der Waals surface area contributed by atoms with Crippen molar-refractivity contribution >= 4 is 11.6 Å². The summed E-state index contributed by atoms with van der Waals surface area (Å²) in [6.07, 6.45) is -5.45. The van der Waals surface area contributed by atoms with Gasteiger partial charge in [0.05, 0.1) is 11.7 Å². The third-order valence-electron chi connectivity index (χ3n) is 3.27. The van der Waals surface area contributed by atoms with E-state index in [0.29, 0.717) is 0 Å². The smallest absolute Gasteiger partial charge is 0.388 e. The van der Waals surface area contributed by atoms with Gasteiger partial charge in [-0.05, 0) is 35.6 Å². The Balaban J connectivity index is 3.01.